The van der Waals surface area contributed by atoms with Crippen LogP contribution in [0.3, 0.4) is 0 Å². The topological polar surface area (TPSA) is 58.9 Å². The van der Waals surface area contributed by atoms with Crippen LogP contribution in [0.4, 0.5) is 14.6 Å². The summed E-state index contributed by atoms with van der Waals surface area (Å²) < 4.78 is 29.2. The number of nitrogens with zero attached hydrogens (tertiary/aromatic N) is 5. The summed E-state index contributed by atoms with van der Waals surface area (Å²) in [5, 5.41) is 16.2. The summed E-state index contributed by atoms with van der Waals surface area (Å²) in [6, 6.07) is 9.29. The minimum atomic E-state index is -0.513. The van der Waals surface area contributed by atoms with E-state index in [1.54, 1.807) is 12.1 Å². The third-order valence-corrected chi connectivity index (χ3v) is 6.00. The van der Waals surface area contributed by atoms with Crippen molar-refractivity contribution in [3.05, 3.63) is 59.4 Å². The van der Waals surface area contributed by atoms with Gasteiger partial charge in [-0.15, -0.1) is 10.2 Å². The molecule has 29 heavy (non-hydrogen) atoms. The Bertz CT molecular complexity index is 1020. The quantitative estimate of drug-likeness (QED) is 0.719. The number of nitrogens with one attached hydrogen (secondary N) is 1. The first-order valence-corrected chi connectivity index (χ1v) is 9.75. The lowest BCUT2D eigenvalue weighted by atomic mass is 10.1. The molecule has 3 aromatic rings. The number of aromatic nitrogens is 4. The molecule has 5 rings (SSSR count). The number of hydrogen-bond acceptors (Lipinski definition) is 5. The normalized spacial score (nSPS) is 23.2. The van der Waals surface area contributed by atoms with Gasteiger partial charge in [0.2, 0.25) is 0 Å². The number of halogens is 2. The van der Waals surface area contributed by atoms with Gasteiger partial charge in [0.05, 0.1) is 11.4 Å². The molecule has 6 nitrogen and oxygen atoms in total. The molecule has 2 aromatic heterocycles. The fourth-order valence-corrected chi connectivity index (χ4v) is 4.32. The van der Waals surface area contributed by atoms with Gasteiger partial charge < -0.3 is 5.32 Å². The van der Waals surface area contributed by atoms with Crippen LogP contribution in [0.5, 0.6) is 0 Å². The zero-order chi connectivity index (χ0) is 20.1. The molecule has 1 aliphatic carbocycles. The van der Waals surface area contributed by atoms with E-state index in [-0.39, 0.29) is 5.56 Å². The first-order chi connectivity index (χ1) is 14.0. The molecule has 0 radical (unpaired) electrons. The fraction of sp³-hybridized carbons (Fsp3) is 0.381. The lowest BCUT2D eigenvalue weighted by molar-refractivity contribution is 0.288. The SMILES string of the molecule is Cc1cc(CN2C[C@H]3C(Nc4ccc(-c5cc(F)ccc5F)nn4)[C@@H]3C2)nn1C. The van der Waals surface area contributed by atoms with E-state index in [4.69, 9.17) is 0 Å². The van der Waals surface area contributed by atoms with Crippen molar-refractivity contribution in [2.75, 3.05) is 18.4 Å². The number of anilines is 1. The zero-order valence-electron chi connectivity index (χ0n) is 16.3. The van der Waals surface area contributed by atoms with E-state index in [1.807, 2.05) is 11.7 Å². The number of likely N-dealkylation sites (tertiary alicyclic amines) is 1. The first-order valence-electron chi connectivity index (χ1n) is 9.75. The average Bonchev–Trinajstić information content (AvgIpc) is 3.00. The second-order valence-electron chi connectivity index (χ2n) is 8.02. The number of hydrogen-bond donors (Lipinski definition) is 1. The summed E-state index contributed by atoms with van der Waals surface area (Å²) in [4.78, 5) is 2.44. The van der Waals surface area contributed by atoms with Gasteiger partial charge in [0.25, 0.3) is 0 Å². The second-order valence-corrected chi connectivity index (χ2v) is 8.02. The van der Waals surface area contributed by atoms with Gasteiger partial charge in [-0.2, -0.15) is 5.10 Å². The van der Waals surface area contributed by atoms with E-state index in [9.17, 15) is 8.78 Å². The van der Waals surface area contributed by atoms with Crippen LogP contribution in [0.1, 0.15) is 11.4 Å². The molecule has 1 aliphatic heterocycles. The smallest absolute Gasteiger partial charge is 0.148 e. The van der Waals surface area contributed by atoms with Gasteiger partial charge in [-0.25, -0.2) is 8.78 Å². The van der Waals surface area contributed by atoms with E-state index in [0.717, 1.165) is 43.5 Å². The standard InChI is InChI=1S/C21H22F2N6/c1-12-7-14(27-28(12)2)9-29-10-16-17(11-29)21(16)24-20-6-5-19(25-26-20)15-8-13(22)3-4-18(15)23/h3-8,16-17,21H,9-11H2,1-2H3,(H,24,26)/t16-,17-/m1/s1. The monoisotopic (exact) mass is 396 g/mol. The summed E-state index contributed by atoms with van der Waals surface area (Å²) in [6.45, 7) is 5.03. The largest absolute Gasteiger partial charge is 0.365 e. The molecule has 2 fully saturated rings. The number of rotatable bonds is 5. The van der Waals surface area contributed by atoms with Crippen molar-refractivity contribution in [2.24, 2.45) is 18.9 Å². The highest BCUT2D eigenvalue weighted by molar-refractivity contribution is 5.60. The van der Waals surface area contributed by atoms with Crippen LogP contribution in [0.15, 0.2) is 36.4 Å². The predicted octanol–water partition coefficient (Wildman–Crippen LogP) is 3.01. The summed E-state index contributed by atoms with van der Waals surface area (Å²) in [5.41, 5.74) is 2.72. The van der Waals surface area contributed by atoms with Gasteiger partial charge in [-0.3, -0.25) is 9.58 Å². The van der Waals surface area contributed by atoms with Gasteiger partial charge in [-0.05, 0) is 55.2 Å². The van der Waals surface area contributed by atoms with Crippen LogP contribution < -0.4 is 5.32 Å². The van der Waals surface area contributed by atoms with E-state index >= 15 is 0 Å². The van der Waals surface area contributed by atoms with Crippen LogP contribution >= 0.6 is 0 Å². The average molecular weight is 396 g/mol. The van der Waals surface area contributed by atoms with Crippen LogP contribution in [-0.4, -0.2) is 44.0 Å². The number of fused-ring (bicyclic) bond motifs is 1. The third kappa shape index (κ3) is 3.48. The maximum atomic E-state index is 13.9. The van der Waals surface area contributed by atoms with Crippen LogP contribution in [0, 0.1) is 30.4 Å². The third-order valence-electron chi connectivity index (χ3n) is 6.00. The number of aryl methyl sites for hydroxylation is 2. The first kappa shape index (κ1) is 18.2. The van der Waals surface area contributed by atoms with Crippen molar-refractivity contribution < 1.29 is 8.78 Å². The summed E-state index contributed by atoms with van der Waals surface area (Å²) in [6.07, 6.45) is 0. The molecule has 1 N–H and O–H groups in total. The molecule has 0 bridgehead atoms. The Hall–Kier alpha value is -2.87. The molecule has 1 aromatic carbocycles. The van der Waals surface area contributed by atoms with Crippen molar-refractivity contribution in [3.8, 4) is 11.3 Å². The fourth-order valence-electron chi connectivity index (χ4n) is 4.32. The highest BCUT2D eigenvalue weighted by Gasteiger charge is 2.55. The Morgan fingerprint density at radius 1 is 1.07 bits per heavy atom. The van der Waals surface area contributed by atoms with Gasteiger partial charge in [0.15, 0.2) is 0 Å². The Kier molecular flexibility index (Phi) is 4.31. The maximum Gasteiger partial charge on any atom is 0.148 e. The molecule has 1 saturated carbocycles. The summed E-state index contributed by atoms with van der Waals surface area (Å²) in [7, 11) is 1.97. The lowest BCUT2D eigenvalue weighted by Gasteiger charge is -2.18. The van der Waals surface area contributed by atoms with Crippen LogP contribution in [-0.2, 0) is 13.6 Å². The lowest BCUT2D eigenvalue weighted by Crippen LogP contribution is -2.28. The van der Waals surface area contributed by atoms with Crippen LogP contribution in [0.25, 0.3) is 11.3 Å². The molecule has 0 amide bonds. The molecular weight excluding hydrogens is 374 g/mol. The van der Waals surface area contributed by atoms with Crippen molar-refractivity contribution in [1.29, 1.82) is 0 Å². The Labute approximate surface area is 167 Å². The summed E-state index contributed by atoms with van der Waals surface area (Å²) >= 11 is 0. The van der Waals surface area contributed by atoms with Gasteiger partial charge in [0, 0.05) is 44.0 Å². The molecular formula is C21H22F2N6. The van der Waals surface area contributed by atoms with E-state index in [0.29, 0.717) is 29.4 Å². The predicted molar refractivity (Wildman–Crippen MR) is 105 cm³/mol. The van der Waals surface area contributed by atoms with E-state index < -0.39 is 11.6 Å². The molecule has 2 aliphatic rings. The van der Waals surface area contributed by atoms with Gasteiger partial charge in [-0.1, -0.05) is 0 Å². The Balaban J connectivity index is 1.18. The molecule has 3 heterocycles. The second kappa shape index (κ2) is 6.88. The van der Waals surface area contributed by atoms with Crippen molar-refractivity contribution in [2.45, 2.75) is 19.5 Å². The molecule has 1 saturated heterocycles. The van der Waals surface area contributed by atoms with Gasteiger partial charge >= 0.3 is 0 Å². The number of piperidine rings is 1. The molecule has 0 unspecified atom stereocenters. The Morgan fingerprint density at radius 3 is 2.52 bits per heavy atom. The highest BCUT2D eigenvalue weighted by atomic mass is 19.1. The molecule has 8 heteroatoms. The van der Waals surface area contributed by atoms with Crippen molar-refractivity contribution >= 4 is 5.82 Å². The maximum absolute atomic E-state index is 13.9. The van der Waals surface area contributed by atoms with E-state index in [2.05, 4.69) is 38.5 Å². The minimum Gasteiger partial charge on any atom is -0.365 e. The Morgan fingerprint density at radius 2 is 1.86 bits per heavy atom. The number of benzene rings is 1. The molecule has 0 spiro atoms. The van der Waals surface area contributed by atoms with Crippen LogP contribution in [0.2, 0.25) is 0 Å². The molecule has 2 atom stereocenters. The van der Waals surface area contributed by atoms with Crippen molar-refractivity contribution in [3.63, 3.8) is 0 Å². The molecule has 150 valence electrons. The minimum absolute atomic E-state index is 0.118. The van der Waals surface area contributed by atoms with E-state index in [1.165, 1.54) is 5.69 Å². The highest BCUT2D eigenvalue weighted by Crippen LogP contribution is 2.47. The van der Waals surface area contributed by atoms with Crippen molar-refractivity contribution in [1.82, 2.24) is 24.9 Å². The van der Waals surface area contributed by atoms with Gasteiger partial charge in [0.1, 0.15) is 17.5 Å². The summed E-state index contributed by atoms with van der Waals surface area (Å²) in [5.74, 6) is 0.851. The zero-order valence-corrected chi connectivity index (χ0v) is 16.3.